The molecule has 5 aromatic heterocycles. The Morgan fingerprint density at radius 2 is 1.09 bits per heavy atom. The third kappa shape index (κ3) is 2.90. The number of pyridine rings is 2. The van der Waals surface area contributed by atoms with Crippen LogP contribution in [0.15, 0.2) is 140 Å². The molecule has 10 aromatic rings. The third-order valence-electron chi connectivity index (χ3n) is 8.92. The summed E-state index contributed by atoms with van der Waals surface area (Å²) in [6.07, 6.45) is 5.81. The Morgan fingerprint density at radius 1 is 0.419 bits per heavy atom. The topological polar surface area (TPSA) is 40.0 Å². The maximum atomic E-state index is 4.91. The summed E-state index contributed by atoms with van der Waals surface area (Å²) in [5.41, 5.74) is 9.98. The van der Waals surface area contributed by atoms with Crippen molar-refractivity contribution in [3.8, 4) is 11.4 Å². The maximum Gasteiger partial charge on any atom is 0.145 e. The molecular formula is C38H23N5. The number of para-hydroxylation sites is 3. The van der Waals surface area contributed by atoms with E-state index >= 15 is 0 Å². The quantitative estimate of drug-likeness (QED) is 0.202. The molecule has 43 heavy (non-hydrogen) atoms. The van der Waals surface area contributed by atoms with Gasteiger partial charge in [-0.1, -0.05) is 60.7 Å². The van der Waals surface area contributed by atoms with Gasteiger partial charge in [0.25, 0.3) is 0 Å². The van der Waals surface area contributed by atoms with Crippen LogP contribution in [0.1, 0.15) is 0 Å². The normalized spacial score (nSPS) is 12.2. The molecule has 200 valence electrons. The van der Waals surface area contributed by atoms with Gasteiger partial charge in [-0.05, 0) is 60.7 Å². The van der Waals surface area contributed by atoms with Crippen molar-refractivity contribution in [3.63, 3.8) is 0 Å². The standard InChI is InChI=1S/C38H23N5/c1-3-10-24(11-4-1)42-29-15-8-7-14-26(29)34-31(42)20-18-28-33-30(43(37(28)34)25-12-5-2-6-13-25)19-17-27-35(33)38-40-22-23-41(38)32-16-9-21-39-36(27)32/h1-23H. The van der Waals surface area contributed by atoms with E-state index in [1.54, 1.807) is 0 Å². The molecule has 0 atom stereocenters. The lowest BCUT2D eigenvalue weighted by Gasteiger charge is -2.11. The number of hydrogen-bond acceptors (Lipinski definition) is 2. The Balaban J connectivity index is 1.51. The third-order valence-corrected chi connectivity index (χ3v) is 8.92. The molecule has 5 aromatic carbocycles. The van der Waals surface area contributed by atoms with Crippen LogP contribution >= 0.6 is 0 Å². The molecular weight excluding hydrogens is 526 g/mol. The van der Waals surface area contributed by atoms with Crippen LogP contribution in [0.3, 0.4) is 0 Å². The van der Waals surface area contributed by atoms with E-state index < -0.39 is 0 Å². The monoisotopic (exact) mass is 549 g/mol. The Bertz CT molecular complexity index is 2710. The minimum absolute atomic E-state index is 0.944. The summed E-state index contributed by atoms with van der Waals surface area (Å²) in [7, 11) is 0. The molecule has 0 unspecified atom stereocenters. The molecule has 0 aliphatic carbocycles. The van der Waals surface area contributed by atoms with Crippen LogP contribution in [0.25, 0.3) is 82.4 Å². The molecule has 0 aliphatic heterocycles. The second kappa shape index (κ2) is 8.30. The van der Waals surface area contributed by atoms with Crippen molar-refractivity contribution in [2.45, 2.75) is 0 Å². The Hall–Kier alpha value is -5.94. The molecule has 0 N–H and O–H groups in total. The fourth-order valence-electron chi connectivity index (χ4n) is 7.26. The van der Waals surface area contributed by atoms with Gasteiger partial charge in [0.05, 0.1) is 33.1 Å². The number of benzene rings is 5. The van der Waals surface area contributed by atoms with Crippen LogP contribution in [-0.2, 0) is 0 Å². The van der Waals surface area contributed by atoms with E-state index in [-0.39, 0.29) is 0 Å². The minimum atomic E-state index is 0.944. The zero-order valence-corrected chi connectivity index (χ0v) is 23.0. The lowest BCUT2D eigenvalue weighted by atomic mass is 10.0. The lowest BCUT2D eigenvalue weighted by molar-refractivity contribution is 1.17. The summed E-state index contributed by atoms with van der Waals surface area (Å²) in [6.45, 7) is 0. The molecule has 0 radical (unpaired) electrons. The van der Waals surface area contributed by atoms with Gasteiger partial charge in [0.15, 0.2) is 0 Å². The van der Waals surface area contributed by atoms with Crippen LogP contribution in [-0.4, -0.2) is 23.5 Å². The van der Waals surface area contributed by atoms with Crippen LogP contribution in [0.4, 0.5) is 0 Å². The first-order valence-electron chi connectivity index (χ1n) is 14.5. The molecule has 0 fully saturated rings. The minimum Gasteiger partial charge on any atom is -0.309 e. The predicted molar refractivity (Wildman–Crippen MR) is 177 cm³/mol. The van der Waals surface area contributed by atoms with E-state index in [0.29, 0.717) is 0 Å². The number of imidazole rings is 1. The second-order valence-electron chi connectivity index (χ2n) is 11.1. The fraction of sp³-hybridized carbons (Fsp3) is 0. The first kappa shape index (κ1) is 22.7. The van der Waals surface area contributed by atoms with E-state index in [0.717, 1.165) is 44.3 Å². The molecule has 5 heteroatoms. The van der Waals surface area contributed by atoms with Crippen LogP contribution in [0, 0.1) is 0 Å². The molecule has 0 amide bonds. The number of nitrogens with zero attached hydrogens (tertiary/aromatic N) is 5. The highest BCUT2D eigenvalue weighted by atomic mass is 15.0. The molecule has 0 saturated heterocycles. The first-order valence-corrected chi connectivity index (χ1v) is 14.5. The molecule has 5 heterocycles. The Kier molecular flexibility index (Phi) is 4.39. The Labute approximate surface area is 245 Å². The summed E-state index contributed by atoms with van der Waals surface area (Å²) >= 11 is 0. The number of rotatable bonds is 2. The van der Waals surface area contributed by atoms with Gasteiger partial charge in [-0.3, -0.25) is 9.38 Å². The van der Waals surface area contributed by atoms with Gasteiger partial charge in [-0.15, -0.1) is 0 Å². The van der Waals surface area contributed by atoms with Gasteiger partial charge in [0.2, 0.25) is 0 Å². The number of aromatic nitrogens is 5. The van der Waals surface area contributed by atoms with E-state index in [9.17, 15) is 0 Å². The van der Waals surface area contributed by atoms with E-state index in [2.05, 4.69) is 129 Å². The molecule has 0 saturated carbocycles. The van der Waals surface area contributed by atoms with Crippen molar-refractivity contribution in [2.75, 3.05) is 0 Å². The largest absolute Gasteiger partial charge is 0.309 e. The van der Waals surface area contributed by atoms with Crippen molar-refractivity contribution in [3.05, 3.63) is 140 Å². The fourth-order valence-corrected chi connectivity index (χ4v) is 7.26. The second-order valence-corrected chi connectivity index (χ2v) is 11.1. The molecule has 0 spiro atoms. The summed E-state index contributed by atoms with van der Waals surface area (Å²) in [6, 6.07) is 43.3. The van der Waals surface area contributed by atoms with E-state index in [4.69, 9.17) is 9.97 Å². The summed E-state index contributed by atoms with van der Waals surface area (Å²) in [5, 5.41) is 7.10. The van der Waals surface area contributed by atoms with Gasteiger partial charge in [-0.25, -0.2) is 4.98 Å². The zero-order valence-electron chi connectivity index (χ0n) is 23.0. The van der Waals surface area contributed by atoms with Crippen LogP contribution < -0.4 is 0 Å². The number of fused-ring (bicyclic) bond motifs is 14. The summed E-state index contributed by atoms with van der Waals surface area (Å²) in [4.78, 5) is 9.77. The Morgan fingerprint density at radius 3 is 1.91 bits per heavy atom. The highest BCUT2D eigenvalue weighted by molar-refractivity contribution is 6.33. The highest BCUT2D eigenvalue weighted by Gasteiger charge is 2.23. The molecule has 10 rings (SSSR count). The van der Waals surface area contributed by atoms with Gasteiger partial charge >= 0.3 is 0 Å². The maximum absolute atomic E-state index is 4.91. The highest BCUT2D eigenvalue weighted by Crippen LogP contribution is 2.45. The van der Waals surface area contributed by atoms with E-state index in [1.807, 2.05) is 24.7 Å². The van der Waals surface area contributed by atoms with E-state index in [1.165, 1.54) is 38.1 Å². The molecule has 0 bridgehead atoms. The molecule has 5 nitrogen and oxygen atoms in total. The average molecular weight is 550 g/mol. The van der Waals surface area contributed by atoms with Crippen molar-refractivity contribution < 1.29 is 0 Å². The van der Waals surface area contributed by atoms with Crippen LogP contribution in [0.2, 0.25) is 0 Å². The summed E-state index contributed by atoms with van der Waals surface area (Å²) < 4.78 is 7.01. The lowest BCUT2D eigenvalue weighted by Crippen LogP contribution is -1.95. The number of hydrogen-bond donors (Lipinski definition) is 0. The van der Waals surface area contributed by atoms with Crippen molar-refractivity contribution >= 4 is 71.1 Å². The summed E-state index contributed by atoms with van der Waals surface area (Å²) in [5.74, 6) is 0. The van der Waals surface area contributed by atoms with Gasteiger partial charge in [0, 0.05) is 62.3 Å². The predicted octanol–water partition coefficient (Wildman–Crippen LogP) is 9.23. The van der Waals surface area contributed by atoms with Gasteiger partial charge in [-0.2, -0.15) is 0 Å². The van der Waals surface area contributed by atoms with Crippen molar-refractivity contribution in [1.82, 2.24) is 23.5 Å². The van der Waals surface area contributed by atoms with Crippen molar-refractivity contribution in [1.29, 1.82) is 0 Å². The van der Waals surface area contributed by atoms with Crippen molar-refractivity contribution in [2.24, 2.45) is 0 Å². The van der Waals surface area contributed by atoms with Gasteiger partial charge < -0.3 is 9.13 Å². The SMILES string of the molecule is c1ccc(-n2c3ccccc3c3c2ccc2c4c5c(ccc4n(-c4ccccc4)c23)c2ncccc2n2ccnc52)cc1. The molecule has 0 aliphatic rings. The van der Waals surface area contributed by atoms with Gasteiger partial charge in [0.1, 0.15) is 5.65 Å². The zero-order chi connectivity index (χ0) is 28.1. The first-order chi connectivity index (χ1) is 21.4. The smallest absolute Gasteiger partial charge is 0.145 e. The average Bonchev–Trinajstić information content (AvgIpc) is 3.78. The van der Waals surface area contributed by atoms with Crippen LogP contribution in [0.5, 0.6) is 0 Å².